The zero-order valence-electron chi connectivity index (χ0n) is 13.1. The van der Waals surface area contributed by atoms with Gasteiger partial charge in [0.05, 0.1) is 6.61 Å². The van der Waals surface area contributed by atoms with E-state index in [4.69, 9.17) is 0 Å². The van der Waals surface area contributed by atoms with Crippen LogP contribution in [0.1, 0.15) is 20.8 Å². The molecule has 0 spiro atoms. The maximum atomic E-state index is 14.3. The summed E-state index contributed by atoms with van der Waals surface area (Å²) >= 11 is 0. The Morgan fingerprint density at radius 1 is 1.21 bits per heavy atom. The Morgan fingerprint density at radius 3 is 2.08 bits per heavy atom. The fourth-order valence-corrected chi connectivity index (χ4v) is 1.30. The number of carbonyl (C=O) groups excluding carboxylic acids is 2. The molecule has 24 heavy (non-hydrogen) atoms. The first-order chi connectivity index (χ1) is 10.7. The first-order valence-corrected chi connectivity index (χ1v) is 6.49. The molecular formula is C13H17F5O6. The van der Waals surface area contributed by atoms with Crippen molar-refractivity contribution in [3.05, 3.63) is 12.2 Å². The molecule has 0 rings (SSSR count). The highest BCUT2D eigenvalue weighted by Crippen LogP contribution is 2.38. The van der Waals surface area contributed by atoms with Crippen LogP contribution in [-0.2, 0) is 23.8 Å². The van der Waals surface area contributed by atoms with Crippen LogP contribution in [0.3, 0.4) is 0 Å². The van der Waals surface area contributed by atoms with Gasteiger partial charge in [0, 0.05) is 5.57 Å². The number of hydrogen-bond donors (Lipinski definition) is 1. The molecule has 0 saturated carbocycles. The highest BCUT2D eigenvalue weighted by atomic mass is 19.4. The highest BCUT2D eigenvalue weighted by Gasteiger charge is 2.65. The lowest BCUT2D eigenvalue weighted by Crippen LogP contribution is -2.61. The van der Waals surface area contributed by atoms with Crippen molar-refractivity contribution in [1.29, 1.82) is 0 Å². The third-order valence-electron chi connectivity index (χ3n) is 2.66. The van der Waals surface area contributed by atoms with Crippen LogP contribution in [-0.4, -0.2) is 54.2 Å². The highest BCUT2D eigenvalue weighted by molar-refractivity contribution is 5.91. The zero-order chi connectivity index (χ0) is 19.3. The van der Waals surface area contributed by atoms with E-state index in [-0.39, 0.29) is 5.57 Å². The van der Waals surface area contributed by atoms with Gasteiger partial charge in [-0.25, -0.2) is 9.59 Å². The number of ether oxygens (including phenoxy) is 3. The summed E-state index contributed by atoms with van der Waals surface area (Å²) < 4.78 is 77.0. The summed E-state index contributed by atoms with van der Waals surface area (Å²) in [6.45, 7) is 3.25. The molecule has 0 heterocycles. The maximum Gasteiger partial charge on any atom is 0.411 e. The summed E-state index contributed by atoms with van der Waals surface area (Å²) in [5.41, 5.74) is -3.81. The quantitative estimate of drug-likeness (QED) is 0.307. The third kappa shape index (κ3) is 5.41. The van der Waals surface area contributed by atoms with Gasteiger partial charge in [0.2, 0.25) is 6.29 Å². The number of alkyl halides is 5. The second kappa shape index (κ2) is 7.88. The van der Waals surface area contributed by atoms with Crippen LogP contribution in [0.25, 0.3) is 0 Å². The molecule has 2 unspecified atom stereocenters. The third-order valence-corrected chi connectivity index (χ3v) is 2.66. The van der Waals surface area contributed by atoms with Crippen LogP contribution in [0.4, 0.5) is 22.0 Å². The van der Waals surface area contributed by atoms with E-state index < -0.39 is 49.1 Å². The van der Waals surface area contributed by atoms with E-state index in [1.165, 1.54) is 6.92 Å². The minimum absolute atomic E-state index is 0.368. The van der Waals surface area contributed by atoms with Crippen molar-refractivity contribution in [2.45, 2.75) is 44.8 Å². The topological polar surface area (TPSA) is 82.1 Å². The zero-order valence-corrected chi connectivity index (χ0v) is 13.1. The first-order valence-electron chi connectivity index (χ1n) is 6.49. The van der Waals surface area contributed by atoms with Crippen LogP contribution in [0.5, 0.6) is 0 Å². The average Bonchev–Trinajstić information content (AvgIpc) is 2.43. The number of aliphatic hydroxyl groups is 1. The number of hydrogen-bond acceptors (Lipinski definition) is 6. The number of carbonyl (C=O) groups is 2. The van der Waals surface area contributed by atoms with Crippen molar-refractivity contribution in [2.75, 3.05) is 13.2 Å². The summed E-state index contributed by atoms with van der Waals surface area (Å²) in [6, 6.07) is 0. The number of halogens is 5. The number of aliphatic hydroxyl groups excluding tert-OH is 1. The normalized spacial score (nSPS) is 16.0. The summed E-state index contributed by atoms with van der Waals surface area (Å²) in [4.78, 5) is 23.3. The van der Waals surface area contributed by atoms with Crippen molar-refractivity contribution in [1.82, 2.24) is 0 Å². The molecule has 0 aromatic carbocycles. The van der Waals surface area contributed by atoms with Gasteiger partial charge < -0.3 is 19.3 Å². The molecule has 0 bridgehead atoms. The Kier molecular flexibility index (Phi) is 7.31. The molecule has 1 N–H and O–H groups in total. The van der Waals surface area contributed by atoms with Gasteiger partial charge in [-0.2, -0.15) is 22.0 Å². The SMILES string of the molecule is C=C(C)C(=O)OC(C)(C(=O)OCC)C(F)(F)C(O)OCC(F)(F)F. The monoisotopic (exact) mass is 364 g/mol. The van der Waals surface area contributed by atoms with E-state index in [2.05, 4.69) is 20.8 Å². The molecule has 140 valence electrons. The molecule has 0 fully saturated rings. The van der Waals surface area contributed by atoms with Gasteiger partial charge in [0.25, 0.3) is 5.60 Å². The number of rotatable bonds is 8. The van der Waals surface area contributed by atoms with Gasteiger partial charge in [-0.3, -0.25) is 0 Å². The molecule has 0 aliphatic carbocycles. The predicted molar refractivity (Wildman–Crippen MR) is 68.9 cm³/mol. The van der Waals surface area contributed by atoms with Crippen molar-refractivity contribution in [2.24, 2.45) is 0 Å². The standard InChI is InChI=1S/C13H17F5O6/c1-5-22-9(20)11(4,24-8(19)7(2)3)13(17,18)10(21)23-6-12(14,15)16/h10,21H,2,5-6H2,1,3-4H3. The van der Waals surface area contributed by atoms with E-state index >= 15 is 0 Å². The van der Waals surface area contributed by atoms with Crippen molar-refractivity contribution >= 4 is 11.9 Å². The smallest absolute Gasteiger partial charge is 0.411 e. The van der Waals surface area contributed by atoms with Crippen LogP contribution in [0.15, 0.2) is 12.2 Å². The van der Waals surface area contributed by atoms with Gasteiger partial charge in [-0.1, -0.05) is 6.58 Å². The van der Waals surface area contributed by atoms with Crippen molar-refractivity contribution < 1.29 is 50.9 Å². The lowest BCUT2D eigenvalue weighted by Gasteiger charge is -2.36. The second-order valence-corrected chi connectivity index (χ2v) is 4.83. The molecule has 0 aromatic heterocycles. The predicted octanol–water partition coefficient (Wildman–Crippen LogP) is 1.96. The fraction of sp³-hybridized carbons (Fsp3) is 0.692. The Balaban J connectivity index is 5.62. The van der Waals surface area contributed by atoms with Gasteiger partial charge in [-0.05, 0) is 20.8 Å². The first kappa shape index (κ1) is 22.2. The summed E-state index contributed by atoms with van der Waals surface area (Å²) in [5, 5.41) is 9.25. The van der Waals surface area contributed by atoms with E-state index in [0.29, 0.717) is 6.92 Å². The van der Waals surface area contributed by atoms with Gasteiger partial charge in [-0.15, -0.1) is 0 Å². The summed E-state index contributed by atoms with van der Waals surface area (Å²) in [6.07, 6.45) is -8.40. The van der Waals surface area contributed by atoms with Gasteiger partial charge in [0.15, 0.2) is 0 Å². The maximum absolute atomic E-state index is 14.3. The number of esters is 2. The minimum atomic E-state index is -5.01. The van der Waals surface area contributed by atoms with Crippen LogP contribution in [0.2, 0.25) is 0 Å². The van der Waals surface area contributed by atoms with E-state index in [1.807, 2.05) is 0 Å². The van der Waals surface area contributed by atoms with Crippen LogP contribution in [0, 0.1) is 0 Å². The lowest BCUT2D eigenvalue weighted by molar-refractivity contribution is -0.315. The van der Waals surface area contributed by atoms with Gasteiger partial charge in [0.1, 0.15) is 6.61 Å². The second-order valence-electron chi connectivity index (χ2n) is 4.83. The molecule has 0 aromatic rings. The molecular weight excluding hydrogens is 347 g/mol. The molecule has 2 atom stereocenters. The lowest BCUT2D eigenvalue weighted by atomic mass is 9.96. The van der Waals surface area contributed by atoms with E-state index in [1.54, 1.807) is 0 Å². The van der Waals surface area contributed by atoms with Crippen molar-refractivity contribution in [3.8, 4) is 0 Å². The Hall–Kier alpha value is -1.75. The van der Waals surface area contributed by atoms with E-state index in [9.17, 15) is 36.6 Å². The molecule has 0 saturated heterocycles. The Morgan fingerprint density at radius 2 is 1.71 bits per heavy atom. The largest absolute Gasteiger partial charge is 0.463 e. The average molecular weight is 364 g/mol. The van der Waals surface area contributed by atoms with Crippen molar-refractivity contribution in [3.63, 3.8) is 0 Å². The summed E-state index contributed by atoms with van der Waals surface area (Å²) in [7, 11) is 0. The summed E-state index contributed by atoms with van der Waals surface area (Å²) in [5.74, 6) is -7.97. The van der Waals surface area contributed by atoms with Crippen LogP contribution < -0.4 is 0 Å². The molecule has 0 aliphatic rings. The molecule has 0 radical (unpaired) electrons. The molecule has 0 aliphatic heterocycles. The van der Waals surface area contributed by atoms with Gasteiger partial charge >= 0.3 is 24.0 Å². The Labute approximate surface area is 134 Å². The fourth-order valence-electron chi connectivity index (χ4n) is 1.30. The minimum Gasteiger partial charge on any atom is -0.463 e. The molecule has 11 heteroatoms. The molecule has 6 nitrogen and oxygen atoms in total. The Bertz CT molecular complexity index is 490. The van der Waals surface area contributed by atoms with Crippen LogP contribution >= 0.6 is 0 Å². The molecule has 0 amide bonds. The van der Waals surface area contributed by atoms with E-state index in [0.717, 1.165) is 6.92 Å².